The highest BCUT2D eigenvalue weighted by atomic mass is 32.1. The number of rotatable bonds is 2. The number of ether oxygens (including phenoxy) is 1. The molecule has 5 nitrogen and oxygen atoms in total. The highest BCUT2D eigenvalue weighted by Crippen LogP contribution is 2.41. The van der Waals surface area contributed by atoms with Crippen molar-refractivity contribution in [1.82, 2.24) is 9.36 Å². The molecule has 2 aromatic rings. The maximum Gasteiger partial charge on any atom is 0.147 e. The SMILES string of the molecule is Nc1nsc(N2CC3CCC(C2)O3)c1-c1ccncc1. The third-order valence-corrected chi connectivity index (χ3v) is 4.92. The van der Waals surface area contributed by atoms with Crippen molar-refractivity contribution in [3.8, 4) is 11.1 Å². The van der Waals surface area contributed by atoms with E-state index < -0.39 is 0 Å². The maximum atomic E-state index is 6.09. The molecule has 2 aromatic heterocycles. The van der Waals surface area contributed by atoms with E-state index in [1.165, 1.54) is 24.4 Å². The number of aromatic nitrogens is 2. The molecule has 4 rings (SSSR count). The quantitative estimate of drug-likeness (QED) is 0.917. The summed E-state index contributed by atoms with van der Waals surface area (Å²) in [7, 11) is 0. The molecule has 2 atom stereocenters. The minimum absolute atomic E-state index is 0.363. The van der Waals surface area contributed by atoms with Gasteiger partial charge in [0.25, 0.3) is 0 Å². The summed E-state index contributed by atoms with van der Waals surface area (Å²) in [4.78, 5) is 6.45. The largest absolute Gasteiger partial charge is 0.382 e. The fourth-order valence-electron chi connectivity index (χ4n) is 3.08. The second kappa shape index (κ2) is 4.71. The van der Waals surface area contributed by atoms with E-state index in [9.17, 15) is 0 Å². The zero-order chi connectivity index (χ0) is 13.5. The van der Waals surface area contributed by atoms with Crippen molar-refractivity contribution in [1.29, 1.82) is 0 Å². The normalized spacial score (nSPS) is 25.1. The first-order chi connectivity index (χ1) is 9.81. The number of morpholine rings is 1. The highest BCUT2D eigenvalue weighted by molar-refractivity contribution is 7.11. The molecule has 4 heterocycles. The van der Waals surface area contributed by atoms with Crippen LogP contribution >= 0.6 is 11.5 Å². The van der Waals surface area contributed by atoms with Crippen LogP contribution in [0.4, 0.5) is 10.8 Å². The van der Waals surface area contributed by atoms with Gasteiger partial charge in [0, 0.05) is 25.5 Å². The van der Waals surface area contributed by atoms with Crippen molar-refractivity contribution in [3.63, 3.8) is 0 Å². The van der Waals surface area contributed by atoms with Gasteiger partial charge in [-0.15, -0.1) is 0 Å². The number of anilines is 2. The third kappa shape index (κ3) is 1.96. The van der Waals surface area contributed by atoms with Gasteiger partial charge < -0.3 is 15.4 Å². The number of nitrogens with zero attached hydrogens (tertiary/aromatic N) is 3. The molecule has 0 aromatic carbocycles. The van der Waals surface area contributed by atoms with Crippen molar-refractivity contribution in [3.05, 3.63) is 24.5 Å². The Bertz CT molecular complexity index is 603. The van der Waals surface area contributed by atoms with Crippen LogP contribution in [0.2, 0.25) is 0 Å². The minimum atomic E-state index is 0.363. The molecule has 2 bridgehead atoms. The molecule has 2 unspecified atom stereocenters. The van der Waals surface area contributed by atoms with Crippen molar-refractivity contribution in [2.24, 2.45) is 0 Å². The molecule has 0 saturated carbocycles. The van der Waals surface area contributed by atoms with Crippen LogP contribution in [0.3, 0.4) is 0 Å². The molecule has 2 aliphatic rings. The number of hydrogen-bond acceptors (Lipinski definition) is 6. The Balaban J connectivity index is 1.73. The van der Waals surface area contributed by atoms with Gasteiger partial charge in [0.1, 0.15) is 10.8 Å². The second-order valence-corrected chi connectivity index (χ2v) is 6.10. The van der Waals surface area contributed by atoms with Crippen LogP contribution in [0.5, 0.6) is 0 Å². The number of nitrogens with two attached hydrogens (primary N) is 1. The summed E-state index contributed by atoms with van der Waals surface area (Å²) in [6.45, 7) is 1.88. The predicted octanol–water partition coefficient (Wildman–Crippen LogP) is 2.15. The molecule has 0 amide bonds. The van der Waals surface area contributed by atoms with Crippen LogP contribution in [-0.2, 0) is 4.74 Å². The average molecular weight is 288 g/mol. The zero-order valence-corrected chi connectivity index (χ0v) is 11.8. The highest BCUT2D eigenvalue weighted by Gasteiger charge is 2.35. The molecule has 2 N–H and O–H groups in total. The molecule has 2 aliphatic heterocycles. The van der Waals surface area contributed by atoms with Crippen molar-refractivity contribution >= 4 is 22.4 Å². The lowest BCUT2D eigenvalue weighted by Crippen LogP contribution is -2.42. The summed E-state index contributed by atoms with van der Waals surface area (Å²) < 4.78 is 10.3. The van der Waals surface area contributed by atoms with Gasteiger partial charge in [-0.25, -0.2) is 0 Å². The van der Waals surface area contributed by atoms with Gasteiger partial charge in [-0.1, -0.05) is 0 Å². The van der Waals surface area contributed by atoms with Gasteiger partial charge in [0.2, 0.25) is 0 Å². The van der Waals surface area contributed by atoms with E-state index in [1.54, 1.807) is 12.4 Å². The second-order valence-electron chi connectivity index (χ2n) is 5.35. The van der Waals surface area contributed by atoms with E-state index in [-0.39, 0.29) is 0 Å². The van der Waals surface area contributed by atoms with Crippen molar-refractivity contribution in [2.75, 3.05) is 23.7 Å². The van der Waals surface area contributed by atoms with E-state index in [0.29, 0.717) is 18.0 Å². The van der Waals surface area contributed by atoms with E-state index in [2.05, 4.69) is 14.3 Å². The fraction of sp³-hybridized carbons (Fsp3) is 0.429. The average Bonchev–Trinajstić information content (AvgIpc) is 3.02. The molecule has 2 saturated heterocycles. The number of fused-ring (bicyclic) bond motifs is 2. The molecule has 104 valence electrons. The first kappa shape index (κ1) is 12.1. The van der Waals surface area contributed by atoms with Gasteiger partial charge in [-0.3, -0.25) is 4.98 Å². The van der Waals surface area contributed by atoms with Gasteiger partial charge >= 0.3 is 0 Å². The summed E-state index contributed by atoms with van der Waals surface area (Å²) >= 11 is 1.48. The molecule has 6 heteroatoms. The van der Waals surface area contributed by atoms with E-state index in [0.717, 1.165) is 29.2 Å². The smallest absolute Gasteiger partial charge is 0.147 e. The van der Waals surface area contributed by atoms with E-state index in [4.69, 9.17) is 10.5 Å². The lowest BCUT2D eigenvalue weighted by Gasteiger charge is -2.33. The lowest BCUT2D eigenvalue weighted by atomic mass is 10.1. The molecular formula is C14H16N4OS. The lowest BCUT2D eigenvalue weighted by molar-refractivity contribution is 0.0307. The third-order valence-electron chi connectivity index (χ3n) is 4.00. The van der Waals surface area contributed by atoms with Gasteiger partial charge in [-0.05, 0) is 42.1 Å². The number of pyridine rings is 1. The molecule has 20 heavy (non-hydrogen) atoms. The minimum Gasteiger partial charge on any atom is -0.382 e. The zero-order valence-electron chi connectivity index (χ0n) is 11.0. The number of nitrogen functional groups attached to an aromatic ring is 1. The topological polar surface area (TPSA) is 64.3 Å². The standard InChI is InChI=1S/C14H16N4OS/c15-13-12(9-3-5-16-6-4-9)14(20-17-13)18-7-10-1-2-11(8-18)19-10/h3-6,10-11H,1-2,7-8H2,(H2,15,17). The van der Waals surface area contributed by atoms with E-state index >= 15 is 0 Å². The van der Waals surface area contributed by atoms with Crippen LogP contribution in [-0.4, -0.2) is 34.7 Å². The van der Waals surface area contributed by atoms with Crippen LogP contribution in [0.25, 0.3) is 11.1 Å². The van der Waals surface area contributed by atoms with Crippen LogP contribution < -0.4 is 10.6 Å². The van der Waals surface area contributed by atoms with Crippen LogP contribution in [0.1, 0.15) is 12.8 Å². The summed E-state index contributed by atoms with van der Waals surface area (Å²) in [6, 6.07) is 3.97. The summed E-state index contributed by atoms with van der Waals surface area (Å²) in [6.07, 6.45) is 6.64. The Morgan fingerprint density at radius 3 is 2.60 bits per heavy atom. The van der Waals surface area contributed by atoms with Crippen LogP contribution in [0.15, 0.2) is 24.5 Å². The van der Waals surface area contributed by atoms with Gasteiger partial charge in [0.05, 0.1) is 17.8 Å². The summed E-state index contributed by atoms with van der Waals surface area (Å²) in [5.74, 6) is 0.607. The van der Waals surface area contributed by atoms with E-state index in [1.807, 2.05) is 12.1 Å². The van der Waals surface area contributed by atoms with Gasteiger partial charge in [0.15, 0.2) is 0 Å². The molecule has 0 aliphatic carbocycles. The summed E-state index contributed by atoms with van der Waals surface area (Å²) in [5, 5.41) is 1.16. The Morgan fingerprint density at radius 2 is 1.90 bits per heavy atom. The fourth-order valence-corrected chi connectivity index (χ4v) is 3.93. The Morgan fingerprint density at radius 1 is 1.20 bits per heavy atom. The molecule has 2 fully saturated rings. The summed E-state index contributed by atoms with van der Waals surface area (Å²) in [5.41, 5.74) is 8.21. The van der Waals surface area contributed by atoms with Gasteiger partial charge in [-0.2, -0.15) is 4.37 Å². The Hall–Kier alpha value is -1.66. The Kier molecular flexibility index (Phi) is 2.85. The Labute approximate surface area is 121 Å². The molecule has 0 radical (unpaired) electrons. The molecule has 0 spiro atoms. The monoisotopic (exact) mass is 288 g/mol. The number of hydrogen-bond donors (Lipinski definition) is 1. The maximum absolute atomic E-state index is 6.09. The first-order valence-corrected chi connectivity index (χ1v) is 7.64. The van der Waals surface area contributed by atoms with Crippen LogP contribution in [0, 0.1) is 0 Å². The van der Waals surface area contributed by atoms with Crippen molar-refractivity contribution < 1.29 is 4.74 Å². The van der Waals surface area contributed by atoms with Crippen molar-refractivity contribution in [2.45, 2.75) is 25.0 Å². The first-order valence-electron chi connectivity index (χ1n) is 6.87. The predicted molar refractivity (Wildman–Crippen MR) is 79.9 cm³/mol. The molecular weight excluding hydrogens is 272 g/mol.